The average molecular weight is 230 g/mol. The van der Waals surface area contributed by atoms with Crippen LogP contribution in [0.3, 0.4) is 0 Å². The summed E-state index contributed by atoms with van der Waals surface area (Å²) in [6.45, 7) is 6.85. The quantitative estimate of drug-likeness (QED) is 0.545. The Hall–Kier alpha value is -0.0500. The third-order valence-electron chi connectivity index (χ3n) is 3.46. The maximum atomic E-state index is 5.82. The molecule has 86 valence electrons. The standard InChI is InChI=1S/C12H20ClNO/c1-10(8-13)9-14-6-7-15-12-5-3-2-4-11(12)14/h11-12H,1-9H2. The zero-order chi connectivity index (χ0) is 10.7. The summed E-state index contributed by atoms with van der Waals surface area (Å²) in [5.74, 6) is 0.578. The monoisotopic (exact) mass is 229 g/mol. The summed E-state index contributed by atoms with van der Waals surface area (Å²) in [5, 5.41) is 0. The van der Waals surface area contributed by atoms with E-state index in [-0.39, 0.29) is 0 Å². The van der Waals surface area contributed by atoms with Crippen molar-refractivity contribution in [2.24, 2.45) is 0 Å². The fourth-order valence-electron chi connectivity index (χ4n) is 2.70. The zero-order valence-electron chi connectivity index (χ0n) is 9.25. The Morgan fingerprint density at radius 2 is 2.20 bits per heavy atom. The van der Waals surface area contributed by atoms with Crippen molar-refractivity contribution in [2.75, 3.05) is 25.6 Å². The van der Waals surface area contributed by atoms with Gasteiger partial charge in [0, 0.05) is 25.0 Å². The second-order valence-corrected chi connectivity index (χ2v) is 4.88. The van der Waals surface area contributed by atoms with Gasteiger partial charge >= 0.3 is 0 Å². The van der Waals surface area contributed by atoms with Crippen molar-refractivity contribution >= 4 is 11.6 Å². The molecule has 0 N–H and O–H groups in total. The molecule has 0 aromatic carbocycles. The van der Waals surface area contributed by atoms with Gasteiger partial charge in [-0.05, 0) is 18.4 Å². The number of alkyl halides is 1. The molecule has 1 heterocycles. The Bertz CT molecular complexity index is 230. The summed E-state index contributed by atoms with van der Waals surface area (Å²) in [6, 6.07) is 0.618. The minimum Gasteiger partial charge on any atom is -0.375 e. The zero-order valence-corrected chi connectivity index (χ0v) is 10.0. The summed E-state index contributed by atoms with van der Waals surface area (Å²) >= 11 is 5.79. The lowest BCUT2D eigenvalue weighted by molar-refractivity contribution is -0.0848. The van der Waals surface area contributed by atoms with Gasteiger partial charge in [0.05, 0.1) is 12.7 Å². The molecule has 15 heavy (non-hydrogen) atoms. The molecular formula is C12H20ClNO. The number of halogens is 1. The van der Waals surface area contributed by atoms with Crippen molar-refractivity contribution in [1.29, 1.82) is 0 Å². The minimum atomic E-state index is 0.468. The molecule has 2 rings (SSSR count). The van der Waals surface area contributed by atoms with Crippen molar-refractivity contribution in [3.05, 3.63) is 12.2 Å². The topological polar surface area (TPSA) is 12.5 Å². The van der Waals surface area contributed by atoms with E-state index in [4.69, 9.17) is 16.3 Å². The molecular weight excluding hydrogens is 210 g/mol. The lowest BCUT2D eigenvalue weighted by Crippen LogP contribution is -2.53. The fraction of sp³-hybridized carbons (Fsp3) is 0.833. The van der Waals surface area contributed by atoms with Gasteiger partial charge in [-0.15, -0.1) is 11.6 Å². The van der Waals surface area contributed by atoms with Gasteiger partial charge in [-0.1, -0.05) is 19.4 Å². The number of nitrogens with zero attached hydrogens (tertiary/aromatic N) is 1. The summed E-state index contributed by atoms with van der Waals surface area (Å²) < 4.78 is 5.82. The number of rotatable bonds is 3. The van der Waals surface area contributed by atoms with Crippen LogP contribution in [0.15, 0.2) is 12.2 Å². The molecule has 0 bridgehead atoms. The van der Waals surface area contributed by atoms with Gasteiger partial charge in [-0.2, -0.15) is 0 Å². The maximum Gasteiger partial charge on any atom is 0.0731 e. The van der Waals surface area contributed by atoms with Gasteiger partial charge in [0.25, 0.3) is 0 Å². The minimum absolute atomic E-state index is 0.468. The van der Waals surface area contributed by atoms with Gasteiger partial charge in [-0.25, -0.2) is 0 Å². The Morgan fingerprint density at radius 1 is 1.40 bits per heavy atom. The van der Waals surface area contributed by atoms with Crippen LogP contribution >= 0.6 is 11.6 Å². The first-order valence-corrected chi connectivity index (χ1v) is 6.43. The van der Waals surface area contributed by atoms with Crippen LogP contribution in [-0.2, 0) is 4.74 Å². The van der Waals surface area contributed by atoms with Gasteiger partial charge < -0.3 is 4.74 Å². The largest absolute Gasteiger partial charge is 0.375 e. The molecule has 0 aromatic rings. The van der Waals surface area contributed by atoms with Crippen molar-refractivity contribution in [3.63, 3.8) is 0 Å². The SMILES string of the molecule is C=C(CCl)CN1CCOC2CCCCC21. The highest BCUT2D eigenvalue weighted by molar-refractivity contribution is 6.19. The van der Waals surface area contributed by atoms with E-state index in [0.717, 1.165) is 25.3 Å². The van der Waals surface area contributed by atoms with Gasteiger partial charge in [0.1, 0.15) is 0 Å². The third kappa shape index (κ3) is 2.74. The highest BCUT2D eigenvalue weighted by atomic mass is 35.5. The molecule has 0 amide bonds. The van der Waals surface area contributed by atoms with Crippen LogP contribution in [0.1, 0.15) is 25.7 Å². The van der Waals surface area contributed by atoms with E-state index in [2.05, 4.69) is 11.5 Å². The first-order valence-electron chi connectivity index (χ1n) is 5.89. The van der Waals surface area contributed by atoms with Crippen molar-refractivity contribution < 1.29 is 4.74 Å². The Balaban J connectivity index is 1.94. The maximum absolute atomic E-state index is 5.82. The van der Waals surface area contributed by atoms with E-state index in [1.807, 2.05) is 0 Å². The molecule has 1 saturated heterocycles. The highest BCUT2D eigenvalue weighted by Crippen LogP contribution is 2.28. The smallest absolute Gasteiger partial charge is 0.0731 e. The second-order valence-electron chi connectivity index (χ2n) is 4.62. The molecule has 1 aliphatic carbocycles. The fourth-order valence-corrected chi connectivity index (χ4v) is 2.79. The molecule has 2 fully saturated rings. The average Bonchev–Trinajstić information content (AvgIpc) is 2.29. The van der Waals surface area contributed by atoms with E-state index in [0.29, 0.717) is 18.0 Å². The predicted molar refractivity (Wildman–Crippen MR) is 63.4 cm³/mol. The molecule has 3 heteroatoms. The number of hydrogen-bond donors (Lipinski definition) is 0. The number of morpholine rings is 1. The molecule has 2 unspecified atom stereocenters. The normalized spacial score (nSPS) is 32.3. The van der Waals surface area contributed by atoms with E-state index >= 15 is 0 Å². The lowest BCUT2D eigenvalue weighted by Gasteiger charge is -2.44. The van der Waals surface area contributed by atoms with Crippen LogP contribution in [0.2, 0.25) is 0 Å². The van der Waals surface area contributed by atoms with E-state index in [9.17, 15) is 0 Å². The number of ether oxygens (including phenoxy) is 1. The van der Waals surface area contributed by atoms with Gasteiger partial charge in [0.15, 0.2) is 0 Å². The molecule has 2 nitrogen and oxygen atoms in total. The van der Waals surface area contributed by atoms with Crippen LogP contribution in [0.4, 0.5) is 0 Å². The first kappa shape index (κ1) is 11.4. The van der Waals surface area contributed by atoms with Crippen LogP contribution in [0.5, 0.6) is 0 Å². The number of hydrogen-bond acceptors (Lipinski definition) is 2. The van der Waals surface area contributed by atoms with Crippen LogP contribution in [0.25, 0.3) is 0 Å². The van der Waals surface area contributed by atoms with E-state index < -0.39 is 0 Å². The molecule has 2 aliphatic rings. The Morgan fingerprint density at radius 3 is 3.00 bits per heavy atom. The summed E-state index contributed by atoms with van der Waals surface area (Å²) in [5.41, 5.74) is 1.13. The van der Waals surface area contributed by atoms with Crippen molar-refractivity contribution in [1.82, 2.24) is 4.90 Å². The molecule has 1 saturated carbocycles. The molecule has 0 radical (unpaired) electrons. The Kier molecular flexibility index (Phi) is 4.06. The second kappa shape index (κ2) is 5.33. The third-order valence-corrected chi connectivity index (χ3v) is 3.84. The van der Waals surface area contributed by atoms with Gasteiger partial charge in [0.2, 0.25) is 0 Å². The summed E-state index contributed by atoms with van der Waals surface area (Å²) in [4.78, 5) is 2.51. The highest BCUT2D eigenvalue weighted by Gasteiger charge is 2.33. The first-order chi connectivity index (χ1) is 7.31. The predicted octanol–water partition coefficient (Wildman–Crippen LogP) is 2.42. The van der Waals surface area contributed by atoms with Gasteiger partial charge in [-0.3, -0.25) is 4.90 Å². The van der Waals surface area contributed by atoms with E-state index in [1.54, 1.807) is 0 Å². The lowest BCUT2D eigenvalue weighted by atomic mass is 9.90. The van der Waals surface area contributed by atoms with Crippen LogP contribution in [-0.4, -0.2) is 42.6 Å². The Labute approximate surface area is 97.2 Å². The van der Waals surface area contributed by atoms with Crippen LogP contribution in [0, 0.1) is 0 Å². The van der Waals surface area contributed by atoms with Crippen molar-refractivity contribution in [2.45, 2.75) is 37.8 Å². The summed E-state index contributed by atoms with van der Waals surface area (Å²) in [6.07, 6.45) is 5.64. The summed E-state index contributed by atoms with van der Waals surface area (Å²) in [7, 11) is 0. The number of fused-ring (bicyclic) bond motifs is 1. The van der Waals surface area contributed by atoms with Crippen molar-refractivity contribution in [3.8, 4) is 0 Å². The van der Waals surface area contributed by atoms with E-state index in [1.165, 1.54) is 25.7 Å². The molecule has 0 aromatic heterocycles. The molecule has 2 atom stereocenters. The van der Waals surface area contributed by atoms with Crippen LogP contribution < -0.4 is 0 Å². The molecule has 0 spiro atoms. The molecule has 1 aliphatic heterocycles.